The zero-order valence-electron chi connectivity index (χ0n) is 16.0. The van der Waals surface area contributed by atoms with E-state index in [2.05, 4.69) is 26.3 Å². The lowest BCUT2D eigenvalue weighted by Gasteiger charge is -2.20. The molecule has 2 heterocycles. The number of hydrogen-bond acceptors (Lipinski definition) is 4. The summed E-state index contributed by atoms with van der Waals surface area (Å²) in [7, 11) is 0. The summed E-state index contributed by atoms with van der Waals surface area (Å²) in [5.41, 5.74) is 3.75. The third-order valence-electron chi connectivity index (χ3n) is 4.70. The van der Waals surface area contributed by atoms with Crippen LogP contribution in [0.1, 0.15) is 27.3 Å². The highest BCUT2D eigenvalue weighted by Gasteiger charge is 2.20. The minimum absolute atomic E-state index is 0.186. The van der Waals surface area contributed by atoms with E-state index in [1.807, 2.05) is 44.2 Å². The molecule has 29 heavy (non-hydrogen) atoms. The lowest BCUT2D eigenvalue weighted by molar-refractivity contribution is 0.0949. The molecule has 0 radical (unpaired) electrons. The van der Waals surface area contributed by atoms with Crippen LogP contribution in [-0.2, 0) is 6.54 Å². The topological polar surface area (TPSA) is 65.4 Å². The molecule has 150 valence electrons. The van der Waals surface area contributed by atoms with Gasteiger partial charge in [0.2, 0.25) is 0 Å². The van der Waals surface area contributed by atoms with E-state index in [1.54, 1.807) is 10.7 Å². The average molecular weight is 477 g/mol. The fraction of sp³-hybridized carbons (Fsp3) is 0.238. The van der Waals surface area contributed by atoms with Crippen LogP contribution in [0.2, 0.25) is 5.02 Å². The molecule has 3 aromatic rings. The van der Waals surface area contributed by atoms with E-state index in [-0.39, 0.29) is 5.91 Å². The molecule has 2 aromatic carbocycles. The van der Waals surface area contributed by atoms with Crippen LogP contribution in [0.3, 0.4) is 0 Å². The molecule has 1 aromatic heterocycles. The standard InChI is InChI=1S/C21H19BrClN3O3/c1-12-19(13(2)26(25-12)16-5-3-15(22)4-6-16)21(27)24-11-14-9-17(23)20-18(10-14)28-7-8-29-20/h3-6,9-10H,7-8,11H2,1-2H3,(H,24,27). The summed E-state index contributed by atoms with van der Waals surface area (Å²) in [4.78, 5) is 12.9. The average Bonchev–Trinajstić information content (AvgIpc) is 3.01. The number of hydrogen-bond donors (Lipinski definition) is 1. The maximum atomic E-state index is 12.9. The van der Waals surface area contributed by atoms with Crippen LogP contribution in [0.25, 0.3) is 5.69 Å². The lowest BCUT2D eigenvalue weighted by Crippen LogP contribution is -2.24. The van der Waals surface area contributed by atoms with Crippen molar-refractivity contribution >= 4 is 33.4 Å². The van der Waals surface area contributed by atoms with E-state index in [0.717, 1.165) is 21.4 Å². The Labute approximate surface area is 181 Å². The molecule has 1 N–H and O–H groups in total. The van der Waals surface area contributed by atoms with Gasteiger partial charge in [-0.1, -0.05) is 27.5 Å². The second-order valence-corrected chi connectivity index (χ2v) is 8.04. The summed E-state index contributed by atoms with van der Waals surface area (Å²) in [5.74, 6) is 0.966. The van der Waals surface area contributed by atoms with E-state index in [9.17, 15) is 4.79 Å². The highest BCUT2D eigenvalue weighted by Crippen LogP contribution is 2.38. The van der Waals surface area contributed by atoms with Gasteiger partial charge in [-0.2, -0.15) is 5.10 Å². The number of rotatable bonds is 4. The molecule has 0 aliphatic carbocycles. The van der Waals surface area contributed by atoms with Crippen molar-refractivity contribution in [1.29, 1.82) is 0 Å². The number of carbonyl (C=O) groups excluding carboxylic acids is 1. The maximum absolute atomic E-state index is 12.9. The molecule has 8 heteroatoms. The van der Waals surface area contributed by atoms with Crippen LogP contribution in [0, 0.1) is 13.8 Å². The van der Waals surface area contributed by atoms with E-state index in [4.69, 9.17) is 21.1 Å². The minimum atomic E-state index is -0.186. The lowest BCUT2D eigenvalue weighted by atomic mass is 10.1. The third kappa shape index (κ3) is 3.97. The smallest absolute Gasteiger partial charge is 0.255 e. The SMILES string of the molecule is Cc1nn(-c2ccc(Br)cc2)c(C)c1C(=O)NCc1cc(Cl)c2c(c1)OCCO2. The van der Waals surface area contributed by atoms with E-state index < -0.39 is 0 Å². The molecule has 0 fully saturated rings. The van der Waals surface area contributed by atoms with Crippen molar-refractivity contribution in [3.05, 3.63) is 68.4 Å². The number of amides is 1. The van der Waals surface area contributed by atoms with Gasteiger partial charge in [-0.15, -0.1) is 0 Å². The number of nitrogens with one attached hydrogen (secondary N) is 1. The molecule has 0 unspecified atom stereocenters. The Morgan fingerprint density at radius 3 is 2.69 bits per heavy atom. The number of aromatic nitrogens is 2. The molecule has 0 atom stereocenters. The summed E-state index contributed by atoms with van der Waals surface area (Å²) in [6, 6.07) is 11.4. The summed E-state index contributed by atoms with van der Waals surface area (Å²) in [6.07, 6.45) is 0. The molecular formula is C21H19BrClN3O3. The Morgan fingerprint density at radius 1 is 1.21 bits per heavy atom. The van der Waals surface area contributed by atoms with Crippen LogP contribution in [0.5, 0.6) is 11.5 Å². The first-order valence-electron chi connectivity index (χ1n) is 9.12. The second-order valence-electron chi connectivity index (χ2n) is 6.72. The maximum Gasteiger partial charge on any atom is 0.255 e. The van der Waals surface area contributed by atoms with Crippen LogP contribution in [0.15, 0.2) is 40.9 Å². The molecule has 1 aliphatic rings. The van der Waals surface area contributed by atoms with Crippen LogP contribution < -0.4 is 14.8 Å². The Hall–Kier alpha value is -2.51. The number of halogens is 2. The Balaban J connectivity index is 1.53. The van der Waals surface area contributed by atoms with Gasteiger partial charge in [0.1, 0.15) is 13.2 Å². The summed E-state index contributed by atoms with van der Waals surface area (Å²) < 4.78 is 13.9. The van der Waals surface area contributed by atoms with Crippen molar-refractivity contribution in [1.82, 2.24) is 15.1 Å². The van der Waals surface area contributed by atoms with Gasteiger partial charge in [-0.25, -0.2) is 4.68 Å². The van der Waals surface area contributed by atoms with Gasteiger partial charge >= 0.3 is 0 Å². The molecule has 6 nitrogen and oxygen atoms in total. The van der Waals surface area contributed by atoms with Gasteiger partial charge < -0.3 is 14.8 Å². The normalized spacial score (nSPS) is 12.7. The number of ether oxygens (including phenoxy) is 2. The number of carbonyl (C=O) groups is 1. The summed E-state index contributed by atoms with van der Waals surface area (Å²) >= 11 is 9.71. The molecular weight excluding hydrogens is 458 g/mol. The van der Waals surface area contributed by atoms with Crippen molar-refractivity contribution in [3.63, 3.8) is 0 Å². The quantitative estimate of drug-likeness (QED) is 0.597. The fourth-order valence-electron chi connectivity index (χ4n) is 3.34. The Kier molecular flexibility index (Phi) is 5.52. The first-order valence-corrected chi connectivity index (χ1v) is 10.3. The predicted octanol–water partition coefficient (Wildman–Crippen LogP) is 4.61. The Morgan fingerprint density at radius 2 is 1.93 bits per heavy atom. The molecule has 0 saturated heterocycles. The Bertz CT molecular complexity index is 1080. The third-order valence-corrected chi connectivity index (χ3v) is 5.51. The van der Waals surface area contributed by atoms with Crippen molar-refractivity contribution < 1.29 is 14.3 Å². The van der Waals surface area contributed by atoms with Crippen molar-refractivity contribution in [2.24, 2.45) is 0 Å². The molecule has 0 bridgehead atoms. The zero-order valence-corrected chi connectivity index (χ0v) is 18.3. The van der Waals surface area contributed by atoms with Crippen molar-refractivity contribution in [3.8, 4) is 17.2 Å². The monoisotopic (exact) mass is 475 g/mol. The zero-order chi connectivity index (χ0) is 20.5. The molecule has 4 rings (SSSR count). The van der Waals surface area contributed by atoms with Crippen molar-refractivity contribution in [2.45, 2.75) is 20.4 Å². The predicted molar refractivity (Wildman–Crippen MR) is 114 cm³/mol. The van der Waals surface area contributed by atoms with Crippen LogP contribution >= 0.6 is 27.5 Å². The largest absolute Gasteiger partial charge is 0.486 e. The highest BCUT2D eigenvalue weighted by atomic mass is 79.9. The number of benzene rings is 2. The first-order chi connectivity index (χ1) is 13.9. The molecule has 1 amide bonds. The van der Waals surface area contributed by atoms with Crippen LogP contribution in [0.4, 0.5) is 0 Å². The molecule has 0 saturated carbocycles. The number of aryl methyl sites for hydroxylation is 1. The fourth-order valence-corrected chi connectivity index (χ4v) is 3.89. The van der Waals surface area contributed by atoms with E-state index >= 15 is 0 Å². The van der Waals surface area contributed by atoms with E-state index in [0.29, 0.717) is 47.5 Å². The van der Waals surface area contributed by atoms with Gasteiger partial charge in [-0.05, 0) is 55.8 Å². The van der Waals surface area contributed by atoms with Crippen LogP contribution in [-0.4, -0.2) is 28.9 Å². The minimum Gasteiger partial charge on any atom is -0.486 e. The summed E-state index contributed by atoms with van der Waals surface area (Å²) in [5, 5.41) is 7.96. The second kappa shape index (κ2) is 8.08. The first kappa shape index (κ1) is 19.8. The van der Waals surface area contributed by atoms with Gasteiger partial charge in [0.15, 0.2) is 11.5 Å². The van der Waals surface area contributed by atoms with E-state index in [1.165, 1.54) is 0 Å². The molecule has 1 aliphatic heterocycles. The highest BCUT2D eigenvalue weighted by molar-refractivity contribution is 9.10. The summed E-state index contributed by atoms with van der Waals surface area (Å²) in [6.45, 7) is 4.99. The number of nitrogens with zero attached hydrogens (tertiary/aromatic N) is 2. The van der Waals surface area contributed by atoms with Gasteiger partial charge in [0.05, 0.1) is 27.7 Å². The molecule has 0 spiro atoms. The number of fused-ring (bicyclic) bond motifs is 1. The van der Waals surface area contributed by atoms with Gasteiger partial charge in [0, 0.05) is 11.0 Å². The van der Waals surface area contributed by atoms with Crippen molar-refractivity contribution in [2.75, 3.05) is 13.2 Å². The van der Waals surface area contributed by atoms with Gasteiger partial charge in [-0.3, -0.25) is 4.79 Å². The van der Waals surface area contributed by atoms with Gasteiger partial charge in [0.25, 0.3) is 5.91 Å².